The zero-order chi connectivity index (χ0) is 10.1. The van der Waals surface area contributed by atoms with E-state index in [0.717, 1.165) is 24.8 Å². The number of benzene rings is 1. The van der Waals surface area contributed by atoms with E-state index in [0.29, 0.717) is 5.56 Å². The number of aryl methyl sites for hydroxylation is 1. The first-order valence-electron chi connectivity index (χ1n) is 4.91. The maximum Gasteiger partial charge on any atom is 0.129 e. The predicted molar refractivity (Wildman–Crippen MR) is 52.3 cm³/mol. The highest BCUT2D eigenvalue weighted by atomic mass is 19.1. The van der Waals surface area contributed by atoms with Gasteiger partial charge < -0.3 is 10.8 Å². The van der Waals surface area contributed by atoms with Gasteiger partial charge in [-0.05, 0) is 30.9 Å². The highest BCUT2D eigenvalue weighted by molar-refractivity contribution is 5.32. The Morgan fingerprint density at radius 2 is 2.21 bits per heavy atom. The van der Waals surface area contributed by atoms with Crippen molar-refractivity contribution in [3.05, 3.63) is 35.1 Å². The normalized spacial score (nSPS) is 26.8. The van der Waals surface area contributed by atoms with E-state index in [2.05, 4.69) is 0 Å². The van der Waals surface area contributed by atoms with Crippen LogP contribution in [0.5, 0.6) is 0 Å². The Morgan fingerprint density at radius 1 is 1.43 bits per heavy atom. The standard InChI is InChI=1S/C11H14FNO/c12-8-5-1-3-7-4-2-6-9(13)11(14)10(7)8/h1,3,5,9,11,14H,2,4,6,13H2/t9-,11+/m0/s1. The molecule has 2 atom stereocenters. The third kappa shape index (κ3) is 1.53. The molecule has 0 saturated carbocycles. The molecule has 1 aromatic carbocycles. The molecule has 0 fully saturated rings. The molecule has 1 aliphatic rings. The molecule has 1 aliphatic carbocycles. The van der Waals surface area contributed by atoms with Crippen molar-refractivity contribution in [3.63, 3.8) is 0 Å². The summed E-state index contributed by atoms with van der Waals surface area (Å²) in [5, 5.41) is 9.83. The third-order valence-corrected chi connectivity index (χ3v) is 2.83. The van der Waals surface area contributed by atoms with Crippen molar-refractivity contribution >= 4 is 0 Å². The summed E-state index contributed by atoms with van der Waals surface area (Å²) in [7, 11) is 0. The van der Waals surface area contributed by atoms with Crippen LogP contribution in [0.15, 0.2) is 18.2 Å². The summed E-state index contributed by atoms with van der Waals surface area (Å²) in [6, 6.07) is 4.57. The lowest BCUT2D eigenvalue weighted by molar-refractivity contribution is 0.140. The van der Waals surface area contributed by atoms with Crippen molar-refractivity contribution < 1.29 is 9.50 Å². The molecule has 0 amide bonds. The average Bonchev–Trinajstić information content (AvgIpc) is 2.29. The molecule has 0 radical (unpaired) electrons. The summed E-state index contributed by atoms with van der Waals surface area (Å²) in [5.74, 6) is -0.340. The summed E-state index contributed by atoms with van der Waals surface area (Å²) >= 11 is 0. The molecule has 0 saturated heterocycles. The quantitative estimate of drug-likeness (QED) is 0.616. The van der Waals surface area contributed by atoms with Crippen LogP contribution in [0.25, 0.3) is 0 Å². The molecule has 0 aliphatic heterocycles. The molecule has 3 N–H and O–H groups in total. The van der Waals surface area contributed by atoms with Crippen molar-refractivity contribution in [2.45, 2.75) is 31.4 Å². The van der Waals surface area contributed by atoms with Crippen LogP contribution >= 0.6 is 0 Å². The predicted octanol–water partition coefficient (Wildman–Crippen LogP) is 1.52. The summed E-state index contributed by atoms with van der Waals surface area (Å²) < 4.78 is 13.5. The maximum atomic E-state index is 13.5. The van der Waals surface area contributed by atoms with Gasteiger partial charge in [-0.15, -0.1) is 0 Å². The largest absolute Gasteiger partial charge is 0.387 e. The molecule has 0 aromatic heterocycles. The number of rotatable bonds is 0. The highest BCUT2D eigenvalue weighted by Gasteiger charge is 2.25. The van der Waals surface area contributed by atoms with E-state index < -0.39 is 6.10 Å². The van der Waals surface area contributed by atoms with Crippen LogP contribution in [0.3, 0.4) is 0 Å². The Morgan fingerprint density at radius 3 is 3.00 bits per heavy atom. The smallest absolute Gasteiger partial charge is 0.129 e. The summed E-state index contributed by atoms with van der Waals surface area (Å²) in [6.45, 7) is 0. The van der Waals surface area contributed by atoms with Gasteiger partial charge >= 0.3 is 0 Å². The van der Waals surface area contributed by atoms with Crippen molar-refractivity contribution in [1.82, 2.24) is 0 Å². The molecular weight excluding hydrogens is 181 g/mol. The number of hydrogen-bond acceptors (Lipinski definition) is 2. The SMILES string of the molecule is N[C@H]1CCCc2cccc(F)c2[C@@H]1O. The number of aliphatic hydroxyl groups excluding tert-OH is 1. The topological polar surface area (TPSA) is 46.2 Å². The van der Waals surface area contributed by atoms with Gasteiger partial charge in [0.05, 0.1) is 6.10 Å². The van der Waals surface area contributed by atoms with E-state index in [9.17, 15) is 9.50 Å². The lowest BCUT2D eigenvalue weighted by Crippen LogP contribution is -2.27. The number of hydrogen-bond donors (Lipinski definition) is 2. The molecule has 3 heteroatoms. The van der Waals surface area contributed by atoms with E-state index in [-0.39, 0.29) is 11.9 Å². The second-order valence-electron chi connectivity index (χ2n) is 3.81. The van der Waals surface area contributed by atoms with E-state index in [4.69, 9.17) is 5.73 Å². The average molecular weight is 195 g/mol. The molecule has 0 spiro atoms. The van der Waals surface area contributed by atoms with Gasteiger partial charge in [-0.3, -0.25) is 0 Å². The van der Waals surface area contributed by atoms with Gasteiger partial charge in [-0.1, -0.05) is 12.1 Å². The summed E-state index contributed by atoms with van der Waals surface area (Å²) in [6.07, 6.45) is 1.61. The molecule has 0 heterocycles. The van der Waals surface area contributed by atoms with E-state index >= 15 is 0 Å². The molecule has 76 valence electrons. The van der Waals surface area contributed by atoms with Crippen molar-refractivity contribution in [2.75, 3.05) is 0 Å². The molecule has 2 nitrogen and oxygen atoms in total. The first-order chi connectivity index (χ1) is 6.70. The van der Waals surface area contributed by atoms with Crippen molar-refractivity contribution in [2.24, 2.45) is 5.73 Å². The zero-order valence-electron chi connectivity index (χ0n) is 7.91. The van der Waals surface area contributed by atoms with Gasteiger partial charge in [0.15, 0.2) is 0 Å². The highest BCUT2D eigenvalue weighted by Crippen LogP contribution is 2.29. The fourth-order valence-corrected chi connectivity index (χ4v) is 2.03. The number of halogens is 1. The molecule has 1 aromatic rings. The second-order valence-corrected chi connectivity index (χ2v) is 3.81. The minimum absolute atomic E-state index is 0.340. The monoisotopic (exact) mass is 195 g/mol. The Labute approximate surface area is 82.5 Å². The van der Waals surface area contributed by atoms with Crippen LogP contribution in [0.4, 0.5) is 4.39 Å². The van der Waals surface area contributed by atoms with Gasteiger partial charge in [0.25, 0.3) is 0 Å². The molecule has 0 unspecified atom stereocenters. The fourth-order valence-electron chi connectivity index (χ4n) is 2.03. The lowest BCUT2D eigenvalue weighted by atomic mass is 9.99. The van der Waals surface area contributed by atoms with E-state index in [1.165, 1.54) is 6.07 Å². The molecule has 0 bridgehead atoms. The summed E-state index contributed by atoms with van der Waals surface area (Å²) in [4.78, 5) is 0. The zero-order valence-corrected chi connectivity index (χ0v) is 7.91. The van der Waals surface area contributed by atoms with Crippen LogP contribution in [0, 0.1) is 5.82 Å². The van der Waals surface area contributed by atoms with Crippen molar-refractivity contribution in [3.8, 4) is 0 Å². The van der Waals surface area contributed by atoms with Crippen LogP contribution in [0.1, 0.15) is 30.1 Å². The Kier molecular flexibility index (Phi) is 2.52. The van der Waals surface area contributed by atoms with Gasteiger partial charge in [0.1, 0.15) is 5.82 Å². The van der Waals surface area contributed by atoms with Crippen LogP contribution in [0.2, 0.25) is 0 Å². The van der Waals surface area contributed by atoms with Gasteiger partial charge in [0.2, 0.25) is 0 Å². The first kappa shape index (κ1) is 9.62. The minimum atomic E-state index is -0.853. The van der Waals surface area contributed by atoms with Gasteiger partial charge in [-0.25, -0.2) is 4.39 Å². The van der Waals surface area contributed by atoms with Crippen LogP contribution < -0.4 is 5.73 Å². The Hall–Kier alpha value is -0.930. The number of fused-ring (bicyclic) bond motifs is 1. The summed E-state index contributed by atoms with van der Waals surface area (Å²) in [5.41, 5.74) is 7.04. The Balaban J connectivity index is 2.49. The molecule has 2 rings (SSSR count). The third-order valence-electron chi connectivity index (χ3n) is 2.83. The number of nitrogens with two attached hydrogens (primary N) is 1. The van der Waals surface area contributed by atoms with Crippen LogP contribution in [-0.2, 0) is 6.42 Å². The molecular formula is C11H14FNO. The van der Waals surface area contributed by atoms with Crippen molar-refractivity contribution in [1.29, 1.82) is 0 Å². The van der Waals surface area contributed by atoms with E-state index in [1.54, 1.807) is 6.07 Å². The minimum Gasteiger partial charge on any atom is -0.387 e. The second kappa shape index (κ2) is 3.67. The lowest BCUT2D eigenvalue weighted by Gasteiger charge is -2.17. The Bertz CT molecular complexity index is 340. The first-order valence-corrected chi connectivity index (χ1v) is 4.91. The van der Waals surface area contributed by atoms with Gasteiger partial charge in [-0.2, -0.15) is 0 Å². The van der Waals surface area contributed by atoms with E-state index in [1.807, 2.05) is 6.07 Å². The number of aliphatic hydroxyl groups is 1. The molecule has 14 heavy (non-hydrogen) atoms. The maximum absolute atomic E-state index is 13.5. The van der Waals surface area contributed by atoms with Gasteiger partial charge in [0, 0.05) is 11.6 Å². The van der Waals surface area contributed by atoms with Crippen LogP contribution in [-0.4, -0.2) is 11.1 Å². The fraction of sp³-hybridized carbons (Fsp3) is 0.455.